The van der Waals surface area contributed by atoms with Crippen molar-refractivity contribution in [2.75, 3.05) is 10.7 Å². The van der Waals surface area contributed by atoms with E-state index in [2.05, 4.69) is 20.7 Å². The van der Waals surface area contributed by atoms with E-state index in [1.165, 1.54) is 12.1 Å². The third kappa shape index (κ3) is 2.92. The molecule has 7 heteroatoms. The van der Waals surface area contributed by atoms with E-state index in [-0.39, 0.29) is 5.69 Å². The number of nitrogens with zero attached hydrogens (tertiary/aromatic N) is 2. The Kier molecular flexibility index (Phi) is 4.32. The average molecular weight is 293 g/mol. The lowest BCUT2D eigenvalue weighted by Crippen LogP contribution is -2.14. The number of aromatic nitrogens is 2. The van der Waals surface area contributed by atoms with Gasteiger partial charge in [-0.3, -0.25) is 0 Å². The predicted molar refractivity (Wildman–Crippen MR) is 78.3 cm³/mol. The van der Waals surface area contributed by atoms with Crippen LogP contribution in [-0.2, 0) is 6.42 Å². The molecule has 0 bridgehead atoms. The maximum Gasteiger partial charge on any atom is 0.152 e. The molecule has 112 valence electrons. The highest BCUT2D eigenvalue weighted by Gasteiger charge is 2.15. The zero-order chi connectivity index (χ0) is 15.6. The molecule has 0 atom stereocenters. The Bertz CT molecular complexity index is 673. The molecule has 0 unspecified atom stereocenters. The lowest BCUT2D eigenvalue weighted by molar-refractivity contribution is 0.584. The number of hydrazine groups is 1. The van der Waals surface area contributed by atoms with E-state index >= 15 is 0 Å². The van der Waals surface area contributed by atoms with Gasteiger partial charge in [-0.1, -0.05) is 13.0 Å². The fraction of sp³-hybridized carbons (Fsp3) is 0.286. The lowest BCUT2D eigenvalue weighted by atomic mass is 10.2. The number of anilines is 3. The van der Waals surface area contributed by atoms with Crippen LogP contribution in [0.2, 0.25) is 0 Å². The van der Waals surface area contributed by atoms with Crippen LogP contribution in [0.4, 0.5) is 26.1 Å². The summed E-state index contributed by atoms with van der Waals surface area (Å²) in [5, 5.41) is 2.70. The normalized spacial score (nSPS) is 10.6. The molecule has 0 radical (unpaired) electrons. The minimum absolute atomic E-state index is 0.234. The van der Waals surface area contributed by atoms with Crippen molar-refractivity contribution in [2.45, 2.75) is 27.2 Å². The Labute approximate surface area is 121 Å². The third-order valence-electron chi connectivity index (χ3n) is 3.17. The summed E-state index contributed by atoms with van der Waals surface area (Å²) in [7, 11) is 0. The number of rotatable bonds is 4. The van der Waals surface area contributed by atoms with Gasteiger partial charge >= 0.3 is 0 Å². The Morgan fingerprint density at radius 3 is 2.43 bits per heavy atom. The van der Waals surface area contributed by atoms with E-state index in [0.29, 0.717) is 35.0 Å². The quantitative estimate of drug-likeness (QED) is 0.597. The molecule has 1 aromatic heterocycles. The highest BCUT2D eigenvalue weighted by molar-refractivity contribution is 5.65. The minimum Gasteiger partial charge on any atom is -0.335 e. The standard InChI is InChI=1S/C14H17F2N5/c1-4-10-18-13(8(3)14(19-10)21-17)20-12-9(15)6-5-7(2)11(12)16/h5-6H,4,17H2,1-3H3,(H2,18,19,20,21). The van der Waals surface area contributed by atoms with Gasteiger partial charge in [0.25, 0.3) is 0 Å². The van der Waals surface area contributed by atoms with Gasteiger partial charge in [-0.05, 0) is 25.5 Å². The molecule has 21 heavy (non-hydrogen) atoms. The summed E-state index contributed by atoms with van der Waals surface area (Å²) in [6.07, 6.45) is 0.572. The molecule has 0 fully saturated rings. The van der Waals surface area contributed by atoms with Crippen molar-refractivity contribution < 1.29 is 8.78 Å². The largest absolute Gasteiger partial charge is 0.335 e. The van der Waals surface area contributed by atoms with E-state index in [4.69, 9.17) is 5.84 Å². The zero-order valence-corrected chi connectivity index (χ0v) is 12.1. The van der Waals surface area contributed by atoms with Crippen LogP contribution in [0, 0.1) is 25.5 Å². The number of benzene rings is 1. The van der Waals surface area contributed by atoms with E-state index in [1.807, 2.05) is 6.92 Å². The van der Waals surface area contributed by atoms with Gasteiger partial charge in [0.1, 0.15) is 29.0 Å². The van der Waals surface area contributed by atoms with Gasteiger partial charge in [0.15, 0.2) is 5.82 Å². The second-order valence-electron chi connectivity index (χ2n) is 4.64. The van der Waals surface area contributed by atoms with Gasteiger partial charge in [-0.25, -0.2) is 24.6 Å². The molecular weight excluding hydrogens is 276 g/mol. The molecule has 4 N–H and O–H groups in total. The fourth-order valence-corrected chi connectivity index (χ4v) is 1.87. The van der Waals surface area contributed by atoms with Crippen LogP contribution < -0.4 is 16.6 Å². The predicted octanol–water partition coefficient (Wildman–Crippen LogP) is 2.96. The van der Waals surface area contributed by atoms with E-state index < -0.39 is 11.6 Å². The summed E-state index contributed by atoms with van der Waals surface area (Å²) in [4.78, 5) is 8.45. The molecule has 0 amide bonds. The minimum atomic E-state index is -0.684. The van der Waals surface area contributed by atoms with Gasteiger partial charge in [0, 0.05) is 12.0 Å². The number of nitrogen functional groups attached to an aromatic ring is 1. The van der Waals surface area contributed by atoms with Gasteiger partial charge in [-0.2, -0.15) is 0 Å². The van der Waals surface area contributed by atoms with Crippen LogP contribution in [0.25, 0.3) is 0 Å². The molecule has 5 nitrogen and oxygen atoms in total. The fourth-order valence-electron chi connectivity index (χ4n) is 1.87. The topological polar surface area (TPSA) is 75.9 Å². The highest BCUT2D eigenvalue weighted by atomic mass is 19.1. The third-order valence-corrected chi connectivity index (χ3v) is 3.17. The molecule has 2 aromatic rings. The second kappa shape index (κ2) is 6.01. The van der Waals surface area contributed by atoms with Crippen LogP contribution in [0.3, 0.4) is 0 Å². The summed E-state index contributed by atoms with van der Waals surface area (Å²) in [5.74, 6) is 5.33. The van der Waals surface area contributed by atoms with Gasteiger partial charge < -0.3 is 10.7 Å². The molecule has 0 aliphatic heterocycles. The van der Waals surface area contributed by atoms with Crippen molar-refractivity contribution in [2.24, 2.45) is 5.84 Å². The molecule has 0 saturated heterocycles. The summed E-state index contributed by atoms with van der Waals surface area (Å²) < 4.78 is 27.9. The monoisotopic (exact) mass is 293 g/mol. The number of hydrogen-bond acceptors (Lipinski definition) is 5. The van der Waals surface area contributed by atoms with Gasteiger partial charge in [0.2, 0.25) is 0 Å². The molecule has 0 spiro atoms. The Hall–Kier alpha value is -2.28. The maximum absolute atomic E-state index is 14.1. The van der Waals surface area contributed by atoms with Crippen molar-refractivity contribution in [1.82, 2.24) is 9.97 Å². The highest BCUT2D eigenvalue weighted by Crippen LogP contribution is 2.28. The molecular formula is C14H17F2N5. The van der Waals surface area contributed by atoms with Crippen LogP contribution >= 0.6 is 0 Å². The van der Waals surface area contributed by atoms with E-state index in [0.717, 1.165) is 0 Å². The Balaban J connectivity index is 2.51. The van der Waals surface area contributed by atoms with Crippen molar-refractivity contribution in [3.05, 3.63) is 40.7 Å². The first-order chi connectivity index (χ1) is 9.97. The summed E-state index contributed by atoms with van der Waals surface area (Å²) in [5.41, 5.74) is 3.15. The summed E-state index contributed by atoms with van der Waals surface area (Å²) in [6, 6.07) is 2.59. The van der Waals surface area contributed by atoms with Crippen LogP contribution in [0.1, 0.15) is 23.9 Å². The van der Waals surface area contributed by atoms with Gasteiger partial charge in [0.05, 0.1) is 0 Å². The van der Waals surface area contributed by atoms with Crippen molar-refractivity contribution >= 4 is 17.3 Å². The molecule has 0 saturated carbocycles. The molecule has 1 aromatic carbocycles. The number of hydrogen-bond donors (Lipinski definition) is 3. The van der Waals surface area contributed by atoms with Crippen LogP contribution in [0.15, 0.2) is 12.1 Å². The first-order valence-corrected chi connectivity index (χ1v) is 6.53. The lowest BCUT2D eigenvalue weighted by Gasteiger charge is -2.14. The van der Waals surface area contributed by atoms with Crippen molar-refractivity contribution in [3.8, 4) is 0 Å². The average Bonchev–Trinajstić information content (AvgIpc) is 2.49. The Morgan fingerprint density at radius 2 is 1.81 bits per heavy atom. The maximum atomic E-state index is 14.1. The van der Waals surface area contributed by atoms with Crippen LogP contribution in [-0.4, -0.2) is 9.97 Å². The number of aryl methyl sites for hydroxylation is 2. The number of nitrogens with two attached hydrogens (primary N) is 1. The summed E-state index contributed by atoms with van der Waals surface area (Å²) in [6.45, 7) is 5.16. The van der Waals surface area contributed by atoms with Crippen molar-refractivity contribution in [1.29, 1.82) is 0 Å². The smallest absolute Gasteiger partial charge is 0.152 e. The molecule has 2 rings (SSSR count). The SMILES string of the molecule is CCc1nc(NN)c(C)c(Nc2c(F)ccc(C)c2F)n1. The molecule has 0 aliphatic carbocycles. The Morgan fingerprint density at radius 1 is 1.14 bits per heavy atom. The van der Waals surface area contributed by atoms with Gasteiger partial charge in [-0.15, -0.1) is 0 Å². The molecule has 0 aliphatic rings. The summed E-state index contributed by atoms with van der Waals surface area (Å²) >= 11 is 0. The number of nitrogens with one attached hydrogen (secondary N) is 2. The first kappa shape index (κ1) is 15.1. The van der Waals surface area contributed by atoms with E-state index in [9.17, 15) is 8.78 Å². The van der Waals surface area contributed by atoms with Crippen LogP contribution in [0.5, 0.6) is 0 Å². The second-order valence-corrected chi connectivity index (χ2v) is 4.64. The first-order valence-electron chi connectivity index (χ1n) is 6.53. The zero-order valence-electron chi connectivity index (χ0n) is 12.1. The van der Waals surface area contributed by atoms with E-state index in [1.54, 1.807) is 13.8 Å². The number of halogens is 2. The molecule has 1 heterocycles. The van der Waals surface area contributed by atoms with Crippen molar-refractivity contribution in [3.63, 3.8) is 0 Å².